The zero-order valence-electron chi connectivity index (χ0n) is 9.07. The van der Waals surface area contributed by atoms with Crippen LogP contribution in [0.4, 0.5) is 0 Å². The fraction of sp³-hybridized carbons (Fsp3) is 0.250. The van der Waals surface area contributed by atoms with Crippen LogP contribution in [-0.4, -0.2) is 12.1 Å². The Kier molecular flexibility index (Phi) is 2.73. The van der Waals surface area contributed by atoms with Gasteiger partial charge in [-0.25, -0.2) is 4.98 Å². The van der Waals surface area contributed by atoms with Gasteiger partial charge in [-0.05, 0) is 13.8 Å². The minimum atomic E-state index is 0.894. The van der Waals surface area contributed by atoms with Crippen LogP contribution in [0.5, 0.6) is 5.06 Å². The summed E-state index contributed by atoms with van der Waals surface area (Å²) in [7, 11) is 1.68. The number of ether oxygens (including phenoxy) is 1. The maximum absolute atomic E-state index is 5.23. The highest BCUT2D eigenvalue weighted by molar-refractivity contribution is 7.17. The minimum absolute atomic E-state index is 0.894. The van der Waals surface area contributed by atoms with E-state index >= 15 is 0 Å². The van der Waals surface area contributed by atoms with Crippen LogP contribution in [0.25, 0.3) is 10.6 Å². The molecule has 0 bridgehead atoms. The molecule has 0 aliphatic heterocycles. The predicted molar refractivity (Wildman–Crippen MR) is 63.6 cm³/mol. The van der Waals surface area contributed by atoms with Gasteiger partial charge in [0.1, 0.15) is 5.01 Å². The van der Waals surface area contributed by atoms with E-state index in [4.69, 9.17) is 4.74 Å². The van der Waals surface area contributed by atoms with E-state index in [9.17, 15) is 0 Å². The van der Waals surface area contributed by atoms with E-state index in [2.05, 4.69) is 36.2 Å². The van der Waals surface area contributed by atoms with E-state index in [1.807, 2.05) is 6.92 Å². The quantitative estimate of drug-likeness (QED) is 0.772. The van der Waals surface area contributed by atoms with Crippen molar-refractivity contribution in [2.45, 2.75) is 13.8 Å². The molecule has 0 unspecified atom stereocenters. The van der Waals surface area contributed by atoms with Crippen molar-refractivity contribution in [3.8, 4) is 15.6 Å². The Morgan fingerprint density at radius 1 is 1.13 bits per heavy atom. The van der Waals surface area contributed by atoms with Crippen molar-refractivity contribution in [3.63, 3.8) is 0 Å². The van der Waals surface area contributed by atoms with Crippen LogP contribution in [-0.2, 0) is 0 Å². The lowest BCUT2D eigenvalue weighted by Gasteiger charge is -1.96. The molecule has 0 aliphatic carbocycles. The van der Waals surface area contributed by atoms with Gasteiger partial charge in [-0.15, -0.1) is 0 Å². The first kappa shape index (κ1) is 10.2. The number of benzene rings is 1. The Labute approximate surface area is 93.6 Å². The number of aryl methyl sites for hydroxylation is 2. The smallest absolute Gasteiger partial charge is 0.197 e. The van der Waals surface area contributed by atoms with E-state index in [0.717, 1.165) is 21.3 Å². The van der Waals surface area contributed by atoms with Crippen LogP contribution in [0.1, 0.15) is 11.3 Å². The largest absolute Gasteiger partial charge is 0.486 e. The fourth-order valence-corrected chi connectivity index (χ4v) is 2.28. The van der Waals surface area contributed by atoms with Crippen LogP contribution >= 0.6 is 11.3 Å². The number of thiazole rings is 1. The fourth-order valence-electron chi connectivity index (χ4n) is 1.39. The molecule has 2 rings (SSSR count). The molecule has 0 radical (unpaired) electrons. The summed E-state index contributed by atoms with van der Waals surface area (Å²) in [5.74, 6) is 0. The van der Waals surface area contributed by atoms with E-state index in [1.54, 1.807) is 18.4 Å². The van der Waals surface area contributed by atoms with E-state index in [1.165, 1.54) is 5.56 Å². The number of aromatic nitrogens is 1. The summed E-state index contributed by atoms with van der Waals surface area (Å²) >= 11 is 1.59. The third-order valence-electron chi connectivity index (χ3n) is 2.24. The second-order valence-electron chi connectivity index (χ2n) is 3.46. The highest BCUT2D eigenvalue weighted by atomic mass is 32.1. The molecule has 0 spiro atoms. The molecule has 0 amide bonds. The third-order valence-corrected chi connectivity index (χ3v) is 3.41. The number of rotatable bonds is 2. The lowest BCUT2D eigenvalue weighted by Crippen LogP contribution is -1.80. The Bertz CT molecular complexity index is 459. The Hall–Kier alpha value is -1.35. The molecular weight excluding hydrogens is 206 g/mol. The summed E-state index contributed by atoms with van der Waals surface area (Å²) in [6, 6.07) is 8.37. The number of hydrogen-bond acceptors (Lipinski definition) is 3. The molecule has 3 heteroatoms. The van der Waals surface area contributed by atoms with Gasteiger partial charge in [-0.3, -0.25) is 0 Å². The minimum Gasteiger partial charge on any atom is -0.486 e. The van der Waals surface area contributed by atoms with E-state index in [-0.39, 0.29) is 0 Å². The van der Waals surface area contributed by atoms with Crippen molar-refractivity contribution in [1.82, 2.24) is 4.98 Å². The molecular formula is C12H13NOS. The van der Waals surface area contributed by atoms with Crippen LogP contribution in [0, 0.1) is 13.8 Å². The Morgan fingerprint density at radius 2 is 1.80 bits per heavy atom. The third kappa shape index (κ3) is 2.02. The number of hydrogen-bond donors (Lipinski definition) is 0. The zero-order valence-corrected chi connectivity index (χ0v) is 9.89. The van der Waals surface area contributed by atoms with Crippen molar-refractivity contribution in [3.05, 3.63) is 35.5 Å². The molecule has 0 N–H and O–H groups in total. The van der Waals surface area contributed by atoms with Crippen molar-refractivity contribution in [2.75, 3.05) is 7.11 Å². The van der Waals surface area contributed by atoms with Gasteiger partial charge < -0.3 is 4.74 Å². The standard InChI is InChI=1S/C12H13NOS/c1-8-4-6-10(7-5-8)11-13-9(2)12(14-3)15-11/h4-7H,1-3H3. The van der Waals surface area contributed by atoms with Gasteiger partial charge in [0.15, 0.2) is 5.06 Å². The van der Waals surface area contributed by atoms with Gasteiger partial charge >= 0.3 is 0 Å². The van der Waals surface area contributed by atoms with Crippen LogP contribution in [0.15, 0.2) is 24.3 Å². The summed E-state index contributed by atoms with van der Waals surface area (Å²) in [5.41, 5.74) is 3.37. The summed E-state index contributed by atoms with van der Waals surface area (Å²) in [5, 5.41) is 1.91. The van der Waals surface area contributed by atoms with E-state index < -0.39 is 0 Å². The number of nitrogens with zero attached hydrogens (tertiary/aromatic N) is 1. The summed E-state index contributed by atoms with van der Waals surface area (Å²) < 4.78 is 5.23. The molecule has 1 heterocycles. The average molecular weight is 219 g/mol. The first-order valence-electron chi connectivity index (χ1n) is 4.79. The van der Waals surface area contributed by atoms with Gasteiger partial charge in [0.2, 0.25) is 0 Å². The van der Waals surface area contributed by atoms with Crippen LogP contribution < -0.4 is 4.74 Å². The zero-order chi connectivity index (χ0) is 10.8. The molecule has 2 aromatic rings. The first-order valence-corrected chi connectivity index (χ1v) is 5.61. The molecule has 0 saturated carbocycles. The lowest BCUT2D eigenvalue weighted by atomic mass is 10.2. The molecule has 1 aromatic heterocycles. The lowest BCUT2D eigenvalue weighted by molar-refractivity contribution is 0.423. The van der Waals surface area contributed by atoms with Crippen LogP contribution in [0.3, 0.4) is 0 Å². The van der Waals surface area contributed by atoms with Crippen LogP contribution in [0.2, 0.25) is 0 Å². The number of methoxy groups -OCH3 is 1. The summed E-state index contributed by atoms with van der Waals surface area (Å²) in [6.07, 6.45) is 0. The molecule has 0 saturated heterocycles. The summed E-state index contributed by atoms with van der Waals surface area (Å²) in [4.78, 5) is 4.47. The second-order valence-corrected chi connectivity index (χ2v) is 4.42. The van der Waals surface area contributed by atoms with Gasteiger partial charge in [-0.2, -0.15) is 0 Å². The van der Waals surface area contributed by atoms with Gasteiger partial charge in [0, 0.05) is 5.56 Å². The summed E-state index contributed by atoms with van der Waals surface area (Å²) in [6.45, 7) is 4.05. The topological polar surface area (TPSA) is 22.1 Å². The molecule has 2 nitrogen and oxygen atoms in total. The van der Waals surface area contributed by atoms with Gasteiger partial charge in [0.25, 0.3) is 0 Å². The van der Waals surface area contributed by atoms with Gasteiger partial charge in [0.05, 0.1) is 12.8 Å². The molecule has 1 aromatic carbocycles. The highest BCUT2D eigenvalue weighted by Crippen LogP contribution is 2.33. The molecule has 0 aliphatic rings. The molecule has 0 fully saturated rings. The second kappa shape index (κ2) is 4.03. The van der Waals surface area contributed by atoms with Crippen molar-refractivity contribution in [2.24, 2.45) is 0 Å². The SMILES string of the molecule is COc1sc(-c2ccc(C)cc2)nc1C. The predicted octanol–water partition coefficient (Wildman–Crippen LogP) is 3.44. The Balaban J connectivity index is 2.41. The van der Waals surface area contributed by atoms with Crippen molar-refractivity contribution >= 4 is 11.3 Å². The average Bonchev–Trinajstić information content (AvgIpc) is 2.61. The monoisotopic (exact) mass is 219 g/mol. The van der Waals surface area contributed by atoms with E-state index in [0.29, 0.717) is 0 Å². The molecule has 15 heavy (non-hydrogen) atoms. The first-order chi connectivity index (χ1) is 7.20. The van der Waals surface area contributed by atoms with Gasteiger partial charge in [-0.1, -0.05) is 41.2 Å². The molecule has 0 atom stereocenters. The highest BCUT2D eigenvalue weighted by Gasteiger charge is 2.08. The van der Waals surface area contributed by atoms with Crippen molar-refractivity contribution < 1.29 is 4.74 Å². The Morgan fingerprint density at radius 3 is 2.33 bits per heavy atom. The maximum Gasteiger partial charge on any atom is 0.197 e. The normalized spacial score (nSPS) is 10.3. The maximum atomic E-state index is 5.23. The van der Waals surface area contributed by atoms with Crippen molar-refractivity contribution in [1.29, 1.82) is 0 Å². The molecule has 78 valence electrons.